The van der Waals surface area contributed by atoms with Crippen molar-refractivity contribution in [3.63, 3.8) is 0 Å². The summed E-state index contributed by atoms with van der Waals surface area (Å²) < 4.78 is 48.3. The smallest absolute Gasteiger partial charge is 0.436 e. The van der Waals surface area contributed by atoms with Crippen LogP contribution in [0.2, 0.25) is 0 Å². The number of rotatable bonds is 6. The van der Waals surface area contributed by atoms with Crippen LogP contribution in [0.3, 0.4) is 0 Å². The monoisotopic (exact) mass is 468 g/mol. The highest BCUT2D eigenvalue weighted by Crippen LogP contribution is 2.31. The van der Waals surface area contributed by atoms with Crippen molar-refractivity contribution in [3.05, 3.63) is 46.1 Å². The fourth-order valence-electron chi connectivity index (χ4n) is 4.00. The van der Waals surface area contributed by atoms with Crippen molar-refractivity contribution in [1.82, 2.24) is 19.5 Å². The van der Waals surface area contributed by atoms with E-state index >= 15 is 0 Å². The van der Waals surface area contributed by atoms with Crippen LogP contribution in [-0.2, 0) is 6.54 Å². The normalized spacial score (nSPS) is 21.6. The number of nitro groups is 1. The lowest BCUT2D eigenvalue weighted by molar-refractivity contribution is -0.389. The third kappa shape index (κ3) is 5.53. The summed E-state index contributed by atoms with van der Waals surface area (Å²) in [6, 6.07) is 5.88. The fraction of sp³-hybridized carbons (Fsp3) is 0.500. The molecule has 178 valence electrons. The van der Waals surface area contributed by atoms with E-state index in [1.54, 1.807) is 23.6 Å². The standard InChI is InChI=1S/C20H23F3N6O4/c1-14(15-3-5-16(6-4-15)32-20(21,22)23)25-28-9-7-26(8-10-28)12-19(2)13-27-11-17(29(30)31)24-18(27)33-19/h3-6,11H,7-10,12-13H2,1-2H3/b25-14-/t19-/m0/s1. The minimum atomic E-state index is -4.72. The molecule has 4 rings (SSSR count). The summed E-state index contributed by atoms with van der Waals surface area (Å²) >= 11 is 0. The highest BCUT2D eigenvalue weighted by atomic mass is 19.4. The van der Waals surface area contributed by atoms with Crippen LogP contribution in [0.5, 0.6) is 11.8 Å². The van der Waals surface area contributed by atoms with Crippen molar-refractivity contribution in [2.75, 3.05) is 32.7 Å². The van der Waals surface area contributed by atoms with Gasteiger partial charge in [-0.1, -0.05) is 0 Å². The van der Waals surface area contributed by atoms with E-state index in [4.69, 9.17) is 4.74 Å². The minimum absolute atomic E-state index is 0.226. The summed E-state index contributed by atoms with van der Waals surface area (Å²) in [4.78, 5) is 16.5. The molecule has 0 radical (unpaired) electrons. The molecule has 33 heavy (non-hydrogen) atoms. The Bertz CT molecular complexity index is 1020. The second kappa shape index (κ2) is 8.54. The summed E-state index contributed by atoms with van der Waals surface area (Å²) in [7, 11) is 0. The van der Waals surface area contributed by atoms with Gasteiger partial charge in [0.25, 0.3) is 0 Å². The average Bonchev–Trinajstić information content (AvgIpc) is 3.24. The Labute approximate surface area is 187 Å². The molecule has 0 aliphatic carbocycles. The Kier molecular flexibility index (Phi) is 5.91. The third-order valence-electron chi connectivity index (χ3n) is 5.46. The maximum atomic E-state index is 12.3. The van der Waals surface area contributed by atoms with E-state index in [0.717, 1.165) is 13.1 Å². The van der Waals surface area contributed by atoms with Crippen LogP contribution in [0.1, 0.15) is 19.4 Å². The zero-order valence-electron chi connectivity index (χ0n) is 18.1. The molecule has 2 aromatic rings. The topological polar surface area (TPSA) is 98.3 Å². The van der Waals surface area contributed by atoms with Gasteiger partial charge in [0.2, 0.25) is 0 Å². The number of hydrazone groups is 1. The van der Waals surface area contributed by atoms with Crippen LogP contribution < -0.4 is 9.47 Å². The van der Waals surface area contributed by atoms with Crippen molar-refractivity contribution in [1.29, 1.82) is 0 Å². The van der Waals surface area contributed by atoms with Gasteiger partial charge >= 0.3 is 18.2 Å². The molecule has 13 heteroatoms. The lowest BCUT2D eigenvalue weighted by Gasteiger charge is -2.37. The molecule has 0 N–H and O–H groups in total. The van der Waals surface area contributed by atoms with Crippen LogP contribution in [0.4, 0.5) is 19.0 Å². The number of aromatic nitrogens is 2. The third-order valence-corrected chi connectivity index (χ3v) is 5.46. The molecule has 3 heterocycles. The second-order valence-electron chi connectivity index (χ2n) is 8.31. The number of nitrogens with zero attached hydrogens (tertiary/aromatic N) is 6. The van der Waals surface area contributed by atoms with Crippen molar-refractivity contribution >= 4 is 11.5 Å². The Morgan fingerprint density at radius 2 is 1.94 bits per heavy atom. The lowest BCUT2D eigenvalue weighted by atomic mass is 10.1. The molecule has 0 amide bonds. The van der Waals surface area contributed by atoms with E-state index in [2.05, 4.69) is 19.7 Å². The summed E-state index contributed by atoms with van der Waals surface area (Å²) in [5.74, 6) is -0.497. The van der Waals surface area contributed by atoms with E-state index in [1.165, 1.54) is 18.3 Å². The minimum Gasteiger partial charge on any atom is -0.436 e. The number of hydrogen-bond donors (Lipinski definition) is 0. The molecule has 2 aliphatic rings. The molecule has 1 fully saturated rings. The SMILES string of the molecule is C/C(=N/N1CCN(C[C@@]2(C)Cn3cc([N+](=O)[O-])nc3O2)CC1)c1ccc(OC(F)(F)F)cc1. The Morgan fingerprint density at radius 1 is 1.27 bits per heavy atom. The first-order chi connectivity index (χ1) is 15.5. The van der Waals surface area contributed by atoms with Crippen molar-refractivity contribution in [3.8, 4) is 11.8 Å². The van der Waals surface area contributed by atoms with Gasteiger partial charge in [0.1, 0.15) is 17.5 Å². The Hall–Kier alpha value is -3.35. The molecule has 1 aromatic carbocycles. The summed E-state index contributed by atoms with van der Waals surface area (Å²) in [6.07, 6.45) is -3.33. The van der Waals surface area contributed by atoms with Crippen LogP contribution in [-0.4, -0.2) is 74.8 Å². The Balaban J connectivity index is 1.28. The maximum absolute atomic E-state index is 12.3. The van der Waals surface area contributed by atoms with E-state index in [9.17, 15) is 23.3 Å². The van der Waals surface area contributed by atoms with Crippen LogP contribution in [0.25, 0.3) is 0 Å². The maximum Gasteiger partial charge on any atom is 0.573 e. The van der Waals surface area contributed by atoms with E-state index in [1.807, 2.05) is 11.9 Å². The number of ether oxygens (including phenoxy) is 2. The molecule has 0 bridgehead atoms. The number of halogens is 3. The molecule has 0 spiro atoms. The number of piperazine rings is 1. The zero-order valence-corrected chi connectivity index (χ0v) is 18.1. The number of hydrogen-bond acceptors (Lipinski definition) is 8. The number of benzene rings is 1. The van der Waals surface area contributed by atoms with Crippen LogP contribution in [0, 0.1) is 10.1 Å². The molecule has 1 saturated heterocycles. The van der Waals surface area contributed by atoms with Gasteiger partial charge in [0.05, 0.1) is 12.3 Å². The molecule has 0 unspecified atom stereocenters. The van der Waals surface area contributed by atoms with Crippen molar-refractivity contribution in [2.24, 2.45) is 5.10 Å². The van der Waals surface area contributed by atoms with Gasteiger partial charge in [-0.15, -0.1) is 13.2 Å². The summed E-state index contributed by atoms with van der Waals surface area (Å²) in [5, 5.41) is 17.4. The zero-order chi connectivity index (χ0) is 23.8. The predicted molar refractivity (Wildman–Crippen MR) is 111 cm³/mol. The molecular weight excluding hydrogens is 445 g/mol. The molecule has 1 atom stereocenters. The van der Waals surface area contributed by atoms with Gasteiger partial charge in [-0.05, 0) is 48.6 Å². The first-order valence-corrected chi connectivity index (χ1v) is 10.3. The first-order valence-electron chi connectivity index (χ1n) is 10.3. The second-order valence-corrected chi connectivity index (χ2v) is 8.31. The molecule has 2 aliphatic heterocycles. The molecular formula is C20H23F3N6O4. The highest BCUT2D eigenvalue weighted by Gasteiger charge is 2.41. The highest BCUT2D eigenvalue weighted by molar-refractivity contribution is 5.98. The lowest BCUT2D eigenvalue weighted by Crippen LogP contribution is -2.51. The van der Waals surface area contributed by atoms with Gasteiger partial charge < -0.3 is 19.6 Å². The van der Waals surface area contributed by atoms with Crippen LogP contribution >= 0.6 is 0 Å². The Morgan fingerprint density at radius 3 is 2.52 bits per heavy atom. The van der Waals surface area contributed by atoms with Gasteiger partial charge in [-0.2, -0.15) is 5.10 Å². The summed E-state index contributed by atoms with van der Waals surface area (Å²) in [5.41, 5.74) is 0.876. The molecule has 1 aromatic heterocycles. The molecule has 0 saturated carbocycles. The number of imidazole rings is 1. The van der Waals surface area contributed by atoms with Gasteiger partial charge in [-0.25, -0.2) is 0 Å². The van der Waals surface area contributed by atoms with Gasteiger partial charge in [0.15, 0.2) is 0 Å². The number of fused-ring (bicyclic) bond motifs is 1. The van der Waals surface area contributed by atoms with Gasteiger partial charge in [0, 0.05) is 37.7 Å². The molecule has 10 nitrogen and oxygen atoms in total. The summed E-state index contributed by atoms with van der Waals surface area (Å²) in [6.45, 7) is 7.73. The van der Waals surface area contributed by atoms with E-state index < -0.39 is 16.9 Å². The predicted octanol–water partition coefficient (Wildman–Crippen LogP) is 2.88. The first kappa shape index (κ1) is 22.8. The fourth-order valence-corrected chi connectivity index (χ4v) is 4.00. The number of alkyl halides is 3. The quantitative estimate of drug-likeness (QED) is 0.365. The van der Waals surface area contributed by atoms with E-state index in [-0.39, 0.29) is 17.6 Å². The van der Waals surface area contributed by atoms with E-state index in [0.29, 0.717) is 37.5 Å². The van der Waals surface area contributed by atoms with Crippen LogP contribution in [0.15, 0.2) is 35.6 Å². The largest absolute Gasteiger partial charge is 0.573 e. The average molecular weight is 468 g/mol. The van der Waals surface area contributed by atoms with Crippen molar-refractivity contribution in [2.45, 2.75) is 32.4 Å². The van der Waals surface area contributed by atoms with Crippen molar-refractivity contribution < 1.29 is 27.6 Å². The van der Waals surface area contributed by atoms with Gasteiger partial charge in [-0.3, -0.25) is 14.5 Å².